The summed E-state index contributed by atoms with van der Waals surface area (Å²) in [6.45, 7) is 0. The number of aromatic nitrogens is 1. The molecule has 0 aliphatic heterocycles. The molecule has 0 N–H and O–H groups in total. The van der Waals surface area contributed by atoms with Crippen LogP contribution in [0.1, 0.15) is 10.6 Å². The van der Waals surface area contributed by atoms with Crippen LogP contribution >= 0.6 is 11.3 Å². The molecule has 0 fully saturated rings. The molecule has 6 heteroatoms. The number of ether oxygens (including phenoxy) is 1. The van der Waals surface area contributed by atoms with Gasteiger partial charge in [-0.25, -0.2) is 0 Å². The van der Waals surface area contributed by atoms with Crippen LogP contribution in [0, 0.1) is 0 Å². The quantitative estimate of drug-likeness (QED) is 0.728. The largest absolute Gasteiger partial charge is 0.497 e. The van der Waals surface area contributed by atoms with E-state index in [-0.39, 0.29) is 11.7 Å². The molecule has 0 unspecified atom stereocenters. The molecule has 0 bridgehead atoms. The first-order valence-electron chi connectivity index (χ1n) is 5.95. The standard InChI is InChI=1S/C14H12N2O3S/c1-16-10-6-5-9(18-2)8-12(10)20-14(16)15-13(17)11-4-3-7-19-11/h3-8H,1-2H3. The number of hydrogen-bond acceptors (Lipinski definition) is 4. The van der Waals surface area contributed by atoms with Gasteiger partial charge in [0.15, 0.2) is 10.6 Å². The van der Waals surface area contributed by atoms with Crippen LogP contribution in [0.5, 0.6) is 5.75 Å². The van der Waals surface area contributed by atoms with E-state index < -0.39 is 0 Å². The van der Waals surface area contributed by atoms with Gasteiger partial charge in [-0.05, 0) is 30.3 Å². The predicted octanol–water partition coefficient (Wildman–Crippen LogP) is 2.58. The number of amides is 1. The summed E-state index contributed by atoms with van der Waals surface area (Å²) in [5, 5.41) is 0. The van der Waals surface area contributed by atoms with Crippen molar-refractivity contribution in [2.45, 2.75) is 0 Å². The van der Waals surface area contributed by atoms with Crippen molar-refractivity contribution in [3.63, 3.8) is 0 Å². The number of rotatable bonds is 2. The molecular weight excluding hydrogens is 276 g/mol. The van der Waals surface area contributed by atoms with Crippen molar-refractivity contribution in [2.75, 3.05) is 7.11 Å². The number of hydrogen-bond donors (Lipinski definition) is 0. The van der Waals surface area contributed by atoms with Gasteiger partial charge in [0.1, 0.15) is 5.75 Å². The Kier molecular flexibility index (Phi) is 3.15. The van der Waals surface area contributed by atoms with Crippen molar-refractivity contribution in [3.05, 3.63) is 47.2 Å². The van der Waals surface area contributed by atoms with Gasteiger partial charge in [0.25, 0.3) is 0 Å². The first-order chi connectivity index (χ1) is 9.69. The normalized spacial score (nSPS) is 12.0. The molecule has 1 aromatic carbocycles. The van der Waals surface area contributed by atoms with E-state index in [2.05, 4.69) is 4.99 Å². The van der Waals surface area contributed by atoms with Gasteiger partial charge in [-0.2, -0.15) is 4.99 Å². The van der Waals surface area contributed by atoms with E-state index >= 15 is 0 Å². The second-order valence-corrected chi connectivity index (χ2v) is 5.18. The van der Waals surface area contributed by atoms with Crippen LogP contribution < -0.4 is 9.54 Å². The molecule has 3 rings (SSSR count). The molecule has 0 radical (unpaired) electrons. The van der Waals surface area contributed by atoms with E-state index in [0.29, 0.717) is 4.80 Å². The van der Waals surface area contributed by atoms with Crippen LogP contribution in [-0.2, 0) is 7.05 Å². The summed E-state index contributed by atoms with van der Waals surface area (Å²) in [5.41, 5.74) is 1.00. The topological polar surface area (TPSA) is 56.7 Å². The fourth-order valence-corrected chi connectivity index (χ4v) is 2.94. The SMILES string of the molecule is COc1ccc2c(c1)sc(=NC(=O)c1ccco1)n2C. The monoisotopic (exact) mass is 288 g/mol. The van der Waals surface area contributed by atoms with Gasteiger partial charge in [0, 0.05) is 7.05 Å². The second kappa shape index (κ2) is 4.97. The molecule has 0 aliphatic rings. The first-order valence-corrected chi connectivity index (χ1v) is 6.77. The van der Waals surface area contributed by atoms with E-state index in [9.17, 15) is 4.79 Å². The van der Waals surface area contributed by atoms with Crippen LogP contribution in [0.15, 0.2) is 46.0 Å². The first kappa shape index (κ1) is 12.7. The summed E-state index contributed by atoms with van der Waals surface area (Å²) in [4.78, 5) is 16.7. The molecule has 0 aliphatic carbocycles. The molecule has 0 spiro atoms. The third-order valence-electron chi connectivity index (χ3n) is 2.95. The highest BCUT2D eigenvalue weighted by molar-refractivity contribution is 7.16. The van der Waals surface area contributed by atoms with Crippen LogP contribution in [0.4, 0.5) is 0 Å². The summed E-state index contributed by atoms with van der Waals surface area (Å²) >= 11 is 1.43. The van der Waals surface area contributed by atoms with Gasteiger partial charge < -0.3 is 13.7 Å². The van der Waals surface area contributed by atoms with Crippen LogP contribution in [0.3, 0.4) is 0 Å². The number of furan rings is 1. The lowest BCUT2D eigenvalue weighted by molar-refractivity contribution is 0.0971. The fourth-order valence-electron chi connectivity index (χ4n) is 1.89. The molecule has 3 aromatic rings. The van der Waals surface area contributed by atoms with Crippen molar-refractivity contribution < 1.29 is 13.9 Å². The maximum Gasteiger partial charge on any atom is 0.315 e. The van der Waals surface area contributed by atoms with E-state index in [1.54, 1.807) is 19.2 Å². The number of benzene rings is 1. The average Bonchev–Trinajstić information content (AvgIpc) is 3.08. The van der Waals surface area contributed by atoms with Gasteiger partial charge in [0.05, 0.1) is 23.6 Å². The molecule has 0 atom stereocenters. The molecule has 20 heavy (non-hydrogen) atoms. The van der Waals surface area contributed by atoms with Crippen molar-refractivity contribution in [1.82, 2.24) is 4.57 Å². The van der Waals surface area contributed by atoms with Gasteiger partial charge >= 0.3 is 5.91 Å². The van der Waals surface area contributed by atoms with Gasteiger partial charge in [-0.15, -0.1) is 0 Å². The minimum Gasteiger partial charge on any atom is -0.497 e. The molecule has 2 aromatic heterocycles. The Balaban J connectivity index is 2.12. The van der Waals surface area contributed by atoms with E-state index in [0.717, 1.165) is 16.0 Å². The summed E-state index contributed by atoms with van der Waals surface area (Å²) in [7, 11) is 3.50. The van der Waals surface area contributed by atoms with Crippen molar-refractivity contribution in [2.24, 2.45) is 12.0 Å². The number of thiazole rings is 1. The predicted molar refractivity (Wildman–Crippen MR) is 75.9 cm³/mol. The summed E-state index contributed by atoms with van der Waals surface area (Å²) < 4.78 is 13.1. The molecule has 0 saturated heterocycles. The zero-order valence-corrected chi connectivity index (χ0v) is 11.8. The molecule has 102 valence electrons. The molecule has 2 heterocycles. The minimum atomic E-state index is -0.385. The zero-order valence-electron chi connectivity index (χ0n) is 11.0. The molecule has 0 saturated carbocycles. The summed E-state index contributed by atoms with van der Waals surface area (Å²) in [6.07, 6.45) is 1.46. The van der Waals surface area contributed by atoms with Gasteiger partial charge in [-0.1, -0.05) is 11.3 Å². The van der Waals surface area contributed by atoms with E-state index in [1.807, 2.05) is 29.8 Å². The number of aryl methyl sites for hydroxylation is 1. The maximum absolute atomic E-state index is 11.9. The van der Waals surface area contributed by atoms with Crippen molar-refractivity contribution >= 4 is 27.5 Å². The highest BCUT2D eigenvalue weighted by atomic mass is 32.1. The Morgan fingerprint density at radius 3 is 2.95 bits per heavy atom. The highest BCUT2D eigenvalue weighted by Gasteiger charge is 2.09. The Labute approximate surface area is 118 Å². The fraction of sp³-hybridized carbons (Fsp3) is 0.143. The summed E-state index contributed by atoms with van der Waals surface area (Å²) in [5.74, 6) is 0.632. The lowest BCUT2D eigenvalue weighted by Crippen LogP contribution is -2.12. The smallest absolute Gasteiger partial charge is 0.315 e. The maximum atomic E-state index is 11.9. The van der Waals surface area contributed by atoms with Gasteiger partial charge in [-0.3, -0.25) is 4.79 Å². The molecule has 5 nitrogen and oxygen atoms in total. The lowest BCUT2D eigenvalue weighted by Gasteiger charge is -1.99. The Morgan fingerprint density at radius 2 is 2.25 bits per heavy atom. The third kappa shape index (κ3) is 2.14. The Hall–Kier alpha value is -2.34. The van der Waals surface area contributed by atoms with E-state index in [4.69, 9.17) is 9.15 Å². The second-order valence-electron chi connectivity index (χ2n) is 4.17. The van der Waals surface area contributed by atoms with Crippen LogP contribution in [0.2, 0.25) is 0 Å². The zero-order chi connectivity index (χ0) is 14.1. The van der Waals surface area contributed by atoms with Crippen molar-refractivity contribution in [3.8, 4) is 5.75 Å². The number of carbonyl (C=O) groups is 1. The number of nitrogens with zero attached hydrogens (tertiary/aromatic N) is 2. The highest BCUT2D eigenvalue weighted by Crippen LogP contribution is 2.22. The Morgan fingerprint density at radius 1 is 1.40 bits per heavy atom. The van der Waals surface area contributed by atoms with Gasteiger partial charge in [0.2, 0.25) is 0 Å². The Bertz CT molecular complexity index is 828. The summed E-state index contributed by atoms with van der Waals surface area (Å²) in [6, 6.07) is 9.02. The average molecular weight is 288 g/mol. The minimum absolute atomic E-state index is 0.236. The van der Waals surface area contributed by atoms with E-state index in [1.165, 1.54) is 17.6 Å². The van der Waals surface area contributed by atoms with Crippen molar-refractivity contribution in [1.29, 1.82) is 0 Å². The number of fused-ring (bicyclic) bond motifs is 1. The lowest BCUT2D eigenvalue weighted by atomic mass is 10.3. The molecule has 1 amide bonds. The third-order valence-corrected chi connectivity index (χ3v) is 4.04. The van der Waals surface area contributed by atoms with Crippen LogP contribution in [0.25, 0.3) is 10.2 Å². The number of carbonyl (C=O) groups excluding carboxylic acids is 1. The molecular formula is C14H12N2O3S. The van der Waals surface area contributed by atoms with Crippen LogP contribution in [-0.4, -0.2) is 17.6 Å². The number of methoxy groups -OCH3 is 1.